The van der Waals surface area contributed by atoms with Crippen molar-refractivity contribution in [2.75, 3.05) is 7.11 Å². The van der Waals surface area contributed by atoms with E-state index in [1.165, 1.54) is 4.88 Å². The molecular formula is C15H16O2S. The van der Waals surface area contributed by atoms with Crippen LogP contribution >= 0.6 is 11.3 Å². The van der Waals surface area contributed by atoms with Gasteiger partial charge in [-0.1, -0.05) is 18.2 Å². The van der Waals surface area contributed by atoms with Crippen LogP contribution in [0.3, 0.4) is 0 Å². The fraction of sp³-hybridized carbons (Fsp3) is 0.267. The summed E-state index contributed by atoms with van der Waals surface area (Å²) < 4.78 is 5.16. The zero-order valence-corrected chi connectivity index (χ0v) is 11.4. The minimum Gasteiger partial charge on any atom is -0.497 e. The summed E-state index contributed by atoms with van der Waals surface area (Å²) in [5, 5.41) is 2.05. The number of rotatable bonds is 5. The van der Waals surface area contributed by atoms with Gasteiger partial charge in [0.1, 0.15) is 11.5 Å². The summed E-state index contributed by atoms with van der Waals surface area (Å²) in [7, 11) is 1.65. The Morgan fingerprint density at radius 1 is 1.28 bits per heavy atom. The average molecular weight is 260 g/mol. The molecule has 94 valence electrons. The lowest BCUT2D eigenvalue weighted by atomic mass is 9.92. The van der Waals surface area contributed by atoms with Crippen LogP contribution in [0.5, 0.6) is 5.75 Å². The third kappa shape index (κ3) is 2.99. The zero-order chi connectivity index (χ0) is 13.0. The van der Waals surface area contributed by atoms with Crippen molar-refractivity contribution in [3.8, 4) is 5.75 Å². The highest BCUT2D eigenvalue weighted by atomic mass is 32.1. The maximum Gasteiger partial charge on any atom is 0.130 e. The van der Waals surface area contributed by atoms with E-state index in [1.807, 2.05) is 35.7 Å². The lowest BCUT2D eigenvalue weighted by Crippen LogP contribution is -2.04. The van der Waals surface area contributed by atoms with E-state index >= 15 is 0 Å². The molecule has 1 unspecified atom stereocenters. The number of hydrogen-bond acceptors (Lipinski definition) is 3. The summed E-state index contributed by atoms with van der Waals surface area (Å²) in [4.78, 5) is 12.7. The average Bonchev–Trinajstić information content (AvgIpc) is 2.89. The fourth-order valence-electron chi connectivity index (χ4n) is 2.00. The number of ketones is 1. The van der Waals surface area contributed by atoms with Crippen LogP contribution in [0.25, 0.3) is 0 Å². The van der Waals surface area contributed by atoms with Gasteiger partial charge < -0.3 is 4.74 Å². The normalized spacial score (nSPS) is 12.1. The molecule has 0 aliphatic rings. The van der Waals surface area contributed by atoms with Crippen LogP contribution in [0, 0.1) is 0 Å². The van der Waals surface area contributed by atoms with E-state index in [-0.39, 0.29) is 11.7 Å². The number of carbonyl (C=O) groups excluding carboxylic acids is 1. The van der Waals surface area contributed by atoms with Crippen molar-refractivity contribution in [2.45, 2.75) is 19.3 Å². The van der Waals surface area contributed by atoms with Crippen molar-refractivity contribution in [2.24, 2.45) is 0 Å². The third-order valence-corrected chi connectivity index (χ3v) is 3.88. The minimum atomic E-state index is 0.161. The Morgan fingerprint density at radius 2 is 2.00 bits per heavy atom. The van der Waals surface area contributed by atoms with E-state index in [4.69, 9.17) is 4.74 Å². The Balaban J connectivity index is 2.30. The van der Waals surface area contributed by atoms with Gasteiger partial charge in [0.15, 0.2) is 0 Å². The molecule has 0 aliphatic carbocycles. The number of methoxy groups -OCH3 is 1. The molecule has 2 nitrogen and oxygen atoms in total. The van der Waals surface area contributed by atoms with Crippen molar-refractivity contribution >= 4 is 17.1 Å². The summed E-state index contributed by atoms with van der Waals surface area (Å²) in [6, 6.07) is 12.1. The number of Topliss-reactive ketones (excluding diaryl/α,β-unsaturated/α-hetero) is 1. The molecule has 0 fully saturated rings. The molecule has 1 heterocycles. The van der Waals surface area contributed by atoms with Crippen molar-refractivity contribution in [3.05, 3.63) is 52.2 Å². The second kappa shape index (κ2) is 5.83. The second-order valence-electron chi connectivity index (χ2n) is 4.25. The van der Waals surface area contributed by atoms with Gasteiger partial charge >= 0.3 is 0 Å². The van der Waals surface area contributed by atoms with E-state index in [2.05, 4.69) is 6.07 Å². The fourth-order valence-corrected chi connectivity index (χ4v) is 2.85. The lowest BCUT2D eigenvalue weighted by molar-refractivity contribution is -0.117. The Kier molecular flexibility index (Phi) is 4.15. The molecule has 0 spiro atoms. The van der Waals surface area contributed by atoms with Crippen LogP contribution in [-0.2, 0) is 4.79 Å². The predicted octanol–water partition coefficient (Wildman–Crippen LogP) is 3.87. The highest BCUT2D eigenvalue weighted by Gasteiger charge is 2.17. The molecule has 0 bridgehead atoms. The molecule has 1 atom stereocenters. The number of hydrogen-bond donors (Lipinski definition) is 0. The van der Waals surface area contributed by atoms with Crippen LogP contribution in [0.15, 0.2) is 41.8 Å². The van der Waals surface area contributed by atoms with E-state index in [9.17, 15) is 4.79 Å². The van der Waals surface area contributed by atoms with E-state index in [0.717, 1.165) is 11.3 Å². The predicted molar refractivity (Wildman–Crippen MR) is 74.5 cm³/mol. The van der Waals surface area contributed by atoms with Crippen molar-refractivity contribution in [1.29, 1.82) is 0 Å². The summed E-state index contributed by atoms with van der Waals surface area (Å²) in [6.45, 7) is 1.64. The summed E-state index contributed by atoms with van der Waals surface area (Å²) >= 11 is 1.69. The molecule has 0 saturated carbocycles. The topological polar surface area (TPSA) is 26.3 Å². The quantitative estimate of drug-likeness (QED) is 0.815. The third-order valence-electron chi connectivity index (χ3n) is 2.90. The maximum absolute atomic E-state index is 11.4. The molecule has 18 heavy (non-hydrogen) atoms. The highest BCUT2D eigenvalue weighted by molar-refractivity contribution is 7.10. The smallest absolute Gasteiger partial charge is 0.130 e. The van der Waals surface area contributed by atoms with E-state index in [0.29, 0.717) is 6.42 Å². The van der Waals surface area contributed by atoms with Gasteiger partial charge in [-0.3, -0.25) is 4.79 Å². The molecule has 3 heteroatoms. The molecule has 1 aromatic heterocycles. The Morgan fingerprint density at radius 3 is 2.50 bits per heavy atom. The molecule has 0 radical (unpaired) electrons. The number of thiophene rings is 1. The highest BCUT2D eigenvalue weighted by Crippen LogP contribution is 2.32. The van der Waals surface area contributed by atoms with Crippen LogP contribution in [0.1, 0.15) is 29.7 Å². The number of ether oxygens (including phenoxy) is 1. The SMILES string of the molecule is COc1ccc(C(CC(C)=O)c2cccs2)cc1. The van der Waals surface area contributed by atoms with E-state index in [1.54, 1.807) is 25.4 Å². The van der Waals surface area contributed by atoms with Crippen LogP contribution < -0.4 is 4.74 Å². The van der Waals surface area contributed by atoms with Gasteiger partial charge in [0.05, 0.1) is 7.11 Å². The van der Waals surface area contributed by atoms with Gasteiger partial charge in [-0.2, -0.15) is 0 Å². The first-order chi connectivity index (χ1) is 8.70. The standard InChI is InChI=1S/C15H16O2S/c1-11(16)10-14(15-4-3-9-18-15)12-5-7-13(17-2)8-6-12/h3-9,14H,10H2,1-2H3. The van der Waals surface area contributed by atoms with Crippen LogP contribution in [0.4, 0.5) is 0 Å². The first-order valence-corrected chi connectivity index (χ1v) is 6.75. The number of benzene rings is 1. The van der Waals surface area contributed by atoms with Gasteiger partial charge in [0.25, 0.3) is 0 Å². The summed E-state index contributed by atoms with van der Waals surface area (Å²) in [5.41, 5.74) is 1.16. The Bertz CT molecular complexity index is 500. The molecule has 0 aliphatic heterocycles. The minimum absolute atomic E-state index is 0.161. The van der Waals surface area contributed by atoms with Gasteiger partial charge in [-0.25, -0.2) is 0 Å². The molecule has 1 aromatic carbocycles. The van der Waals surface area contributed by atoms with Crippen molar-refractivity contribution in [1.82, 2.24) is 0 Å². The van der Waals surface area contributed by atoms with Gasteiger partial charge in [-0.15, -0.1) is 11.3 Å². The van der Waals surface area contributed by atoms with Crippen molar-refractivity contribution in [3.63, 3.8) is 0 Å². The number of carbonyl (C=O) groups is 1. The zero-order valence-electron chi connectivity index (χ0n) is 10.6. The second-order valence-corrected chi connectivity index (χ2v) is 5.23. The van der Waals surface area contributed by atoms with Gasteiger partial charge in [0, 0.05) is 17.2 Å². The van der Waals surface area contributed by atoms with Crippen LogP contribution in [0.2, 0.25) is 0 Å². The first kappa shape index (κ1) is 12.8. The molecular weight excluding hydrogens is 244 g/mol. The monoisotopic (exact) mass is 260 g/mol. The summed E-state index contributed by atoms with van der Waals surface area (Å²) in [5.74, 6) is 1.21. The van der Waals surface area contributed by atoms with Crippen LogP contribution in [-0.4, -0.2) is 12.9 Å². The molecule has 2 rings (SSSR count). The van der Waals surface area contributed by atoms with Gasteiger partial charge in [-0.05, 0) is 36.1 Å². The molecule has 0 saturated heterocycles. The van der Waals surface area contributed by atoms with Gasteiger partial charge in [0.2, 0.25) is 0 Å². The Hall–Kier alpha value is -1.61. The molecule has 0 amide bonds. The first-order valence-electron chi connectivity index (χ1n) is 5.87. The summed E-state index contributed by atoms with van der Waals surface area (Å²) in [6.07, 6.45) is 0.548. The molecule has 2 aromatic rings. The lowest BCUT2D eigenvalue weighted by Gasteiger charge is -2.14. The maximum atomic E-state index is 11.4. The largest absolute Gasteiger partial charge is 0.497 e. The Labute approximate surface area is 111 Å². The van der Waals surface area contributed by atoms with E-state index < -0.39 is 0 Å². The van der Waals surface area contributed by atoms with Crippen molar-refractivity contribution < 1.29 is 9.53 Å². The molecule has 0 N–H and O–H groups in total.